The van der Waals surface area contributed by atoms with Crippen molar-refractivity contribution < 1.29 is 24.7 Å². The molecular formula is C23H32BN3O5. The molecule has 3 rings (SSSR count). The van der Waals surface area contributed by atoms with E-state index in [0.29, 0.717) is 24.0 Å². The highest BCUT2D eigenvalue weighted by Gasteiger charge is 2.54. The summed E-state index contributed by atoms with van der Waals surface area (Å²) in [6.07, 6.45) is 1.23. The maximum absolute atomic E-state index is 12.4. The molecule has 1 aliphatic heterocycles. The molecule has 2 fully saturated rings. The van der Waals surface area contributed by atoms with Crippen molar-refractivity contribution in [2.75, 3.05) is 13.2 Å². The van der Waals surface area contributed by atoms with Crippen molar-refractivity contribution in [3.63, 3.8) is 0 Å². The molecule has 8 nitrogen and oxygen atoms in total. The number of likely N-dealkylation sites (tertiary alicyclic amines) is 1. The number of nitrogens with zero attached hydrogens (tertiary/aromatic N) is 2. The molecule has 172 valence electrons. The Kier molecular flexibility index (Phi) is 7.62. The van der Waals surface area contributed by atoms with E-state index < -0.39 is 25.4 Å². The predicted molar refractivity (Wildman–Crippen MR) is 120 cm³/mol. The third kappa shape index (κ3) is 6.33. The minimum absolute atomic E-state index is 0.0534. The summed E-state index contributed by atoms with van der Waals surface area (Å²) in [6, 6.07) is 11.1. The molecule has 32 heavy (non-hydrogen) atoms. The number of carbonyl (C=O) groups is 1. The van der Waals surface area contributed by atoms with Gasteiger partial charge in [-0.15, -0.1) is 0 Å². The standard InChI is InChI=1S/C23H32BN3O5/c1-23(2,3)11-17(12-25)21(28)27-13-16-10-18(16)19(27)14-32-22(29)26-20(24(30)31)9-15-7-5-4-6-8-15/h4-8,11,16,18-21,28,30-31H,9-10,13-14H2,1-3H3,(H,26,29)/t16-,18-,19-,20-,21?/m0/s1. The quantitative estimate of drug-likeness (QED) is 0.356. The van der Waals surface area contributed by atoms with Crippen molar-refractivity contribution in [3.05, 3.63) is 47.5 Å². The fourth-order valence-corrected chi connectivity index (χ4v) is 4.37. The van der Waals surface area contributed by atoms with E-state index in [2.05, 4.69) is 11.4 Å². The summed E-state index contributed by atoms with van der Waals surface area (Å²) >= 11 is 0. The summed E-state index contributed by atoms with van der Waals surface area (Å²) in [5.41, 5.74) is 0.894. The number of alkyl carbamates (subject to hydrolysis) is 1. The second kappa shape index (κ2) is 10.0. The van der Waals surface area contributed by atoms with Crippen LogP contribution < -0.4 is 5.32 Å². The Morgan fingerprint density at radius 2 is 2.06 bits per heavy atom. The SMILES string of the molecule is CC(C)(C)C=C(C#N)C(O)N1C[C@@H]2C[C@@H]2[C@@H]1COC(=O)N[C@@H](Cc1ccccc1)B(O)O. The first kappa shape index (κ1) is 24.3. The minimum Gasteiger partial charge on any atom is -0.448 e. The Morgan fingerprint density at radius 1 is 1.38 bits per heavy atom. The van der Waals surface area contributed by atoms with Crippen molar-refractivity contribution in [1.82, 2.24) is 10.2 Å². The molecule has 1 aromatic carbocycles. The molecule has 2 aliphatic rings. The lowest BCUT2D eigenvalue weighted by molar-refractivity contribution is -0.00680. The van der Waals surface area contributed by atoms with Crippen molar-refractivity contribution in [2.45, 2.75) is 51.8 Å². The van der Waals surface area contributed by atoms with Crippen LogP contribution in [0.3, 0.4) is 0 Å². The molecule has 0 spiro atoms. The van der Waals surface area contributed by atoms with Crippen LogP contribution in [0.2, 0.25) is 0 Å². The molecule has 1 amide bonds. The molecule has 9 heteroatoms. The summed E-state index contributed by atoms with van der Waals surface area (Å²) in [6.45, 7) is 6.59. The smallest absolute Gasteiger partial charge is 0.448 e. The van der Waals surface area contributed by atoms with Crippen LogP contribution in [-0.4, -0.2) is 64.6 Å². The van der Waals surface area contributed by atoms with Gasteiger partial charge in [-0.3, -0.25) is 4.90 Å². The lowest BCUT2D eigenvalue weighted by Crippen LogP contribution is -2.49. The number of carbonyl (C=O) groups excluding carboxylic acids is 1. The Balaban J connectivity index is 1.59. The highest BCUT2D eigenvalue weighted by Crippen LogP contribution is 2.50. The number of nitriles is 1. The number of nitrogens with one attached hydrogen (secondary N) is 1. The molecule has 0 aromatic heterocycles. The topological polar surface area (TPSA) is 126 Å². The van der Waals surface area contributed by atoms with E-state index in [1.54, 1.807) is 6.08 Å². The first-order valence-electron chi connectivity index (χ1n) is 11.0. The van der Waals surface area contributed by atoms with E-state index in [9.17, 15) is 25.2 Å². The van der Waals surface area contributed by atoms with Gasteiger partial charge in [-0.25, -0.2) is 4.79 Å². The zero-order chi connectivity index (χ0) is 23.5. The van der Waals surface area contributed by atoms with Gasteiger partial charge in [-0.05, 0) is 35.7 Å². The third-order valence-corrected chi connectivity index (χ3v) is 6.00. The van der Waals surface area contributed by atoms with Gasteiger partial charge in [-0.2, -0.15) is 5.26 Å². The van der Waals surface area contributed by atoms with Crippen LogP contribution in [0.1, 0.15) is 32.8 Å². The monoisotopic (exact) mass is 441 g/mol. The Labute approximate surface area is 189 Å². The average molecular weight is 441 g/mol. The van der Waals surface area contributed by atoms with Crippen molar-refractivity contribution >= 4 is 13.2 Å². The van der Waals surface area contributed by atoms with Crippen LogP contribution in [0, 0.1) is 28.6 Å². The Bertz CT molecular complexity index is 865. The van der Waals surface area contributed by atoms with Crippen LogP contribution in [0.25, 0.3) is 0 Å². The molecule has 5 atom stereocenters. The summed E-state index contributed by atoms with van der Waals surface area (Å²) in [7, 11) is -1.74. The van der Waals surface area contributed by atoms with Gasteiger partial charge in [-0.1, -0.05) is 57.2 Å². The fourth-order valence-electron chi connectivity index (χ4n) is 4.37. The zero-order valence-electron chi connectivity index (χ0n) is 18.8. The maximum atomic E-state index is 12.4. The van der Waals surface area contributed by atoms with Gasteiger partial charge in [0.15, 0.2) is 0 Å². The number of amides is 1. The average Bonchev–Trinajstić information content (AvgIpc) is 3.41. The molecule has 1 aromatic rings. The highest BCUT2D eigenvalue weighted by molar-refractivity contribution is 6.43. The lowest BCUT2D eigenvalue weighted by Gasteiger charge is -2.32. The van der Waals surface area contributed by atoms with E-state index in [-0.39, 0.29) is 24.5 Å². The number of rotatable bonds is 8. The Morgan fingerprint density at radius 3 is 2.66 bits per heavy atom. The van der Waals surface area contributed by atoms with Crippen molar-refractivity contribution in [2.24, 2.45) is 17.3 Å². The van der Waals surface area contributed by atoms with E-state index >= 15 is 0 Å². The van der Waals surface area contributed by atoms with Gasteiger partial charge in [0.1, 0.15) is 12.8 Å². The summed E-state index contributed by atoms with van der Waals surface area (Å²) in [4.78, 5) is 14.2. The first-order valence-corrected chi connectivity index (χ1v) is 11.0. The zero-order valence-corrected chi connectivity index (χ0v) is 18.8. The molecule has 4 N–H and O–H groups in total. The maximum Gasteiger partial charge on any atom is 0.475 e. The summed E-state index contributed by atoms with van der Waals surface area (Å²) in [5.74, 6) is -0.166. The number of aliphatic hydroxyl groups is 1. The van der Waals surface area contributed by atoms with Gasteiger partial charge in [0, 0.05) is 12.6 Å². The lowest BCUT2D eigenvalue weighted by atomic mass is 9.76. The number of allylic oxidation sites excluding steroid dienone is 1. The van der Waals surface area contributed by atoms with Crippen molar-refractivity contribution in [1.29, 1.82) is 5.26 Å². The number of hydrogen-bond acceptors (Lipinski definition) is 7. The highest BCUT2D eigenvalue weighted by atomic mass is 16.5. The normalized spacial score (nSPS) is 24.8. The number of aliphatic hydroxyl groups excluding tert-OH is 1. The molecule has 1 unspecified atom stereocenters. The predicted octanol–water partition coefficient (Wildman–Crippen LogP) is 1.47. The van der Waals surface area contributed by atoms with Gasteiger partial charge in [0.25, 0.3) is 0 Å². The summed E-state index contributed by atoms with van der Waals surface area (Å²) in [5, 5.41) is 42.2. The largest absolute Gasteiger partial charge is 0.475 e. The van der Waals surface area contributed by atoms with Crippen LogP contribution in [0.15, 0.2) is 42.0 Å². The molecular weight excluding hydrogens is 409 g/mol. The number of fused-ring (bicyclic) bond motifs is 1. The molecule has 0 bridgehead atoms. The summed E-state index contributed by atoms with van der Waals surface area (Å²) < 4.78 is 5.41. The van der Waals surface area contributed by atoms with Crippen molar-refractivity contribution in [3.8, 4) is 6.07 Å². The van der Waals surface area contributed by atoms with Crippen LogP contribution in [0.4, 0.5) is 4.79 Å². The van der Waals surface area contributed by atoms with Gasteiger partial charge < -0.3 is 25.2 Å². The second-order valence-electron chi connectivity index (χ2n) is 9.83. The number of benzene rings is 1. The van der Waals surface area contributed by atoms with E-state index in [1.807, 2.05) is 56.0 Å². The van der Waals surface area contributed by atoms with E-state index in [0.717, 1.165) is 12.0 Å². The first-order chi connectivity index (χ1) is 15.1. The van der Waals surface area contributed by atoms with E-state index in [1.165, 1.54) is 0 Å². The molecule has 0 radical (unpaired) electrons. The van der Waals surface area contributed by atoms with Gasteiger partial charge >= 0.3 is 13.2 Å². The van der Waals surface area contributed by atoms with Crippen LogP contribution >= 0.6 is 0 Å². The fraction of sp³-hybridized carbons (Fsp3) is 0.565. The van der Waals surface area contributed by atoms with E-state index in [4.69, 9.17) is 4.74 Å². The van der Waals surface area contributed by atoms with Gasteiger partial charge in [0.2, 0.25) is 0 Å². The number of hydrogen-bond donors (Lipinski definition) is 4. The number of ether oxygens (including phenoxy) is 1. The second-order valence-corrected chi connectivity index (χ2v) is 9.83. The van der Waals surface area contributed by atoms with Crippen LogP contribution in [-0.2, 0) is 11.2 Å². The van der Waals surface area contributed by atoms with Gasteiger partial charge in [0.05, 0.1) is 17.6 Å². The molecule has 1 aliphatic carbocycles. The third-order valence-electron chi connectivity index (χ3n) is 6.00. The number of piperidine rings is 1. The molecule has 1 saturated carbocycles. The minimum atomic E-state index is -1.74. The van der Waals surface area contributed by atoms with Crippen LogP contribution in [0.5, 0.6) is 0 Å². The molecule has 1 heterocycles. The molecule has 1 saturated heterocycles. The Hall–Kier alpha value is -2.38.